The van der Waals surface area contributed by atoms with Crippen LogP contribution in [0.3, 0.4) is 0 Å². The fourth-order valence-electron chi connectivity index (χ4n) is 1.66. The molecule has 2 N–H and O–H groups in total. The number of nitrogens with zero attached hydrogens (tertiary/aromatic N) is 2. The molecular weight excluding hydrogens is 266 g/mol. The molecule has 0 fully saturated rings. The number of benzene rings is 1. The van der Waals surface area contributed by atoms with Crippen molar-refractivity contribution in [3.63, 3.8) is 0 Å². The second kappa shape index (κ2) is 6.85. The number of nitriles is 1. The number of rotatable bonds is 2. The molecule has 0 saturated carbocycles. The van der Waals surface area contributed by atoms with Crippen LogP contribution >= 0.6 is 0 Å². The summed E-state index contributed by atoms with van der Waals surface area (Å²) in [6.07, 6.45) is 2.91. The van der Waals surface area contributed by atoms with Gasteiger partial charge in [0.1, 0.15) is 12.7 Å². The van der Waals surface area contributed by atoms with Gasteiger partial charge in [0.25, 0.3) is 5.91 Å². The average molecular weight is 277 g/mol. The largest absolute Gasteiger partial charge is 0.384 e. The maximum atomic E-state index is 12.2. The Balaban J connectivity index is 2.23. The summed E-state index contributed by atoms with van der Waals surface area (Å²) in [6.45, 7) is -0.258. The number of carbonyl (C=O) groups excluding carboxylic acids is 1. The van der Waals surface area contributed by atoms with E-state index < -0.39 is 0 Å². The van der Waals surface area contributed by atoms with Crippen molar-refractivity contribution in [2.45, 2.75) is 0 Å². The van der Waals surface area contributed by atoms with Crippen LogP contribution in [0.1, 0.15) is 21.5 Å². The number of aromatic nitrogens is 1. The van der Waals surface area contributed by atoms with E-state index in [1.54, 1.807) is 30.3 Å². The van der Waals surface area contributed by atoms with Gasteiger partial charge in [-0.25, -0.2) is 0 Å². The van der Waals surface area contributed by atoms with Gasteiger partial charge in [0.2, 0.25) is 0 Å². The van der Waals surface area contributed by atoms with Crippen LogP contribution in [0, 0.1) is 23.2 Å². The van der Waals surface area contributed by atoms with Crippen LogP contribution in [0.2, 0.25) is 0 Å². The van der Waals surface area contributed by atoms with Crippen LogP contribution in [0.5, 0.6) is 0 Å². The molecule has 2 rings (SSSR count). The molecule has 0 saturated heterocycles. The zero-order valence-corrected chi connectivity index (χ0v) is 11.0. The van der Waals surface area contributed by atoms with Crippen molar-refractivity contribution >= 4 is 11.6 Å². The number of carbonyl (C=O) groups is 1. The lowest BCUT2D eigenvalue weighted by atomic mass is 10.1. The van der Waals surface area contributed by atoms with Gasteiger partial charge in [0.15, 0.2) is 0 Å². The molecule has 5 nitrogen and oxygen atoms in total. The van der Waals surface area contributed by atoms with E-state index in [4.69, 9.17) is 10.4 Å². The minimum atomic E-state index is -0.377. The van der Waals surface area contributed by atoms with Crippen LogP contribution in [0.4, 0.5) is 5.69 Å². The maximum absolute atomic E-state index is 12.2. The van der Waals surface area contributed by atoms with Crippen molar-refractivity contribution in [1.82, 2.24) is 4.98 Å². The summed E-state index contributed by atoms with van der Waals surface area (Å²) in [5.41, 5.74) is 1.68. The van der Waals surface area contributed by atoms with Gasteiger partial charge in [-0.3, -0.25) is 9.78 Å². The molecule has 0 unspecified atom stereocenters. The fraction of sp³-hybridized carbons (Fsp3) is 0.0625. The van der Waals surface area contributed by atoms with E-state index in [0.29, 0.717) is 22.4 Å². The first-order valence-corrected chi connectivity index (χ1v) is 6.10. The summed E-state index contributed by atoms with van der Waals surface area (Å²) in [7, 11) is 0. The third kappa shape index (κ3) is 3.66. The first-order valence-electron chi connectivity index (χ1n) is 6.10. The third-order valence-electron chi connectivity index (χ3n) is 2.61. The number of hydrogen-bond acceptors (Lipinski definition) is 4. The van der Waals surface area contributed by atoms with E-state index in [1.165, 1.54) is 12.4 Å². The van der Waals surface area contributed by atoms with Gasteiger partial charge in [-0.1, -0.05) is 24.0 Å². The highest BCUT2D eigenvalue weighted by Gasteiger charge is 2.09. The molecule has 1 aromatic carbocycles. The highest BCUT2D eigenvalue weighted by atomic mass is 16.2. The molecule has 0 aliphatic heterocycles. The second-order valence-electron chi connectivity index (χ2n) is 4.03. The van der Waals surface area contributed by atoms with E-state index in [-0.39, 0.29) is 12.5 Å². The van der Waals surface area contributed by atoms with Gasteiger partial charge in [-0.05, 0) is 18.2 Å². The summed E-state index contributed by atoms with van der Waals surface area (Å²) in [6, 6.07) is 10.3. The monoisotopic (exact) mass is 277 g/mol. The average Bonchev–Trinajstić information content (AvgIpc) is 2.53. The minimum Gasteiger partial charge on any atom is -0.384 e. The predicted octanol–water partition coefficient (Wildman–Crippen LogP) is 1.55. The summed E-state index contributed by atoms with van der Waals surface area (Å²) < 4.78 is 0. The summed E-state index contributed by atoms with van der Waals surface area (Å²) in [5, 5.41) is 20.3. The highest BCUT2D eigenvalue weighted by molar-refractivity contribution is 6.04. The van der Waals surface area contributed by atoms with Gasteiger partial charge in [0.05, 0.1) is 16.8 Å². The van der Waals surface area contributed by atoms with E-state index in [1.807, 2.05) is 6.07 Å². The normalized spacial score (nSPS) is 9.14. The Hall–Kier alpha value is -3.15. The van der Waals surface area contributed by atoms with E-state index >= 15 is 0 Å². The zero-order valence-electron chi connectivity index (χ0n) is 11.0. The molecular formula is C16H11N3O2. The first kappa shape index (κ1) is 14.3. The molecule has 1 amide bonds. The van der Waals surface area contributed by atoms with Crippen molar-refractivity contribution in [3.05, 3.63) is 59.4 Å². The Morgan fingerprint density at radius 2 is 2.14 bits per heavy atom. The van der Waals surface area contributed by atoms with Crippen molar-refractivity contribution in [3.8, 4) is 17.9 Å². The summed E-state index contributed by atoms with van der Waals surface area (Å²) >= 11 is 0. The standard InChI is InChI=1S/C16H11N3O2/c17-9-13-5-1-2-6-15(13)19-16(21)14-8-12(4-3-7-20)10-18-11-14/h1-2,5-6,8,10-11,20H,7H2,(H,19,21). The number of aliphatic hydroxyl groups excluding tert-OH is 1. The third-order valence-corrected chi connectivity index (χ3v) is 2.61. The Bertz CT molecular complexity index is 767. The molecule has 0 aliphatic rings. The van der Waals surface area contributed by atoms with Crippen LogP contribution in [0.15, 0.2) is 42.7 Å². The van der Waals surface area contributed by atoms with Crippen molar-refractivity contribution in [2.75, 3.05) is 11.9 Å². The molecule has 102 valence electrons. The topological polar surface area (TPSA) is 86.0 Å². The number of hydrogen-bond donors (Lipinski definition) is 2. The predicted molar refractivity (Wildman–Crippen MR) is 77.3 cm³/mol. The molecule has 0 spiro atoms. The van der Waals surface area contributed by atoms with Gasteiger partial charge < -0.3 is 10.4 Å². The van der Waals surface area contributed by atoms with Crippen molar-refractivity contribution in [2.24, 2.45) is 0 Å². The quantitative estimate of drug-likeness (QED) is 0.815. The van der Waals surface area contributed by atoms with Crippen molar-refractivity contribution in [1.29, 1.82) is 5.26 Å². The Kier molecular flexibility index (Phi) is 4.66. The summed E-state index contributed by atoms with van der Waals surface area (Å²) in [5.74, 6) is 4.79. The summed E-state index contributed by atoms with van der Waals surface area (Å²) in [4.78, 5) is 16.1. The molecule has 0 atom stereocenters. The maximum Gasteiger partial charge on any atom is 0.257 e. The Labute approximate surface area is 121 Å². The van der Waals surface area contributed by atoms with Crippen molar-refractivity contribution < 1.29 is 9.90 Å². The molecule has 21 heavy (non-hydrogen) atoms. The van der Waals surface area contributed by atoms with Gasteiger partial charge in [-0.15, -0.1) is 0 Å². The Morgan fingerprint density at radius 3 is 2.90 bits per heavy atom. The van der Waals surface area contributed by atoms with E-state index in [9.17, 15) is 4.79 Å². The number of aliphatic hydroxyl groups is 1. The highest BCUT2D eigenvalue weighted by Crippen LogP contribution is 2.15. The van der Waals surface area contributed by atoms with Crippen LogP contribution in [-0.2, 0) is 0 Å². The number of anilines is 1. The van der Waals surface area contributed by atoms with Crippen LogP contribution in [0.25, 0.3) is 0 Å². The molecule has 1 aromatic heterocycles. The lowest BCUT2D eigenvalue weighted by molar-refractivity contribution is 0.102. The van der Waals surface area contributed by atoms with Crippen LogP contribution in [-0.4, -0.2) is 22.6 Å². The molecule has 2 aromatic rings. The van der Waals surface area contributed by atoms with Crippen LogP contribution < -0.4 is 5.32 Å². The van der Waals surface area contributed by atoms with Gasteiger partial charge >= 0.3 is 0 Å². The van der Waals surface area contributed by atoms with E-state index in [2.05, 4.69) is 22.1 Å². The Morgan fingerprint density at radius 1 is 1.33 bits per heavy atom. The molecule has 1 heterocycles. The van der Waals surface area contributed by atoms with Gasteiger partial charge in [0, 0.05) is 18.0 Å². The van der Waals surface area contributed by atoms with E-state index in [0.717, 1.165) is 0 Å². The first-order chi connectivity index (χ1) is 10.2. The molecule has 5 heteroatoms. The molecule has 0 aliphatic carbocycles. The number of pyridine rings is 1. The smallest absolute Gasteiger partial charge is 0.257 e. The number of amides is 1. The molecule has 0 radical (unpaired) electrons. The number of para-hydroxylation sites is 1. The second-order valence-corrected chi connectivity index (χ2v) is 4.03. The lowest BCUT2D eigenvalue weighted by Gasteiger charge is -2.06. The number of nitrogens with one attached hydrogen (secondary N) is 1. The zero-order chi connectivity index (χ0) is 15.1. The fourth-order valence-corrected chi connectivity index (χ4v) is 1.66. The minimum absolute atomic E-state index is 0.258. The van der Waals surface area contributed by atoms with Gasteiger partial charge in [-0.2, -0.15) is 5.26 Å². The lowest BCUT2D eigenvalue weighted by Crippen LogP contribution is -2.13. The molecule has 0 bridgehead atoms. The SMILES string of the molecule is N#Cc1ccccc1NC(=O)c1cncc(C#CCO)c1.